The van der Waals surface area contributed by atoms with Crippen LogP contribution in [0.15, 0.2) is 22.7 Å². The molecule has 0 bridgehead atoms. The van der Waals surface area contributed by atoms with Crippen LogP contribution in [0.25, 0.3) is 0 Å². The summed E-state index contributed by atoms with van der Waals surface area (Å²) in [5, 5.41) is 13.0. The summed E-state index contributed by atoms with van der Waals surface area (Å²) in [5.74, 6) is -0.0434. The summed E-state index contributed by atoms with van der Waals surface area (Å²) in [6.45, 7) is 1.56. The Labute approximate surface area is 121 Å². The van der Waals surface area contributed by atoms with Crippen LogP contribution in [0.1, 0.15) is 29.6 Å². The van der Waals surface area contributed by atoms with Gasteiger partial charge in [0.1, 0.15) is 5.75 Å². The molecule has 0 saturated carbocycles. The number of benzene rings is 1. The molecule has 2 rings (SSSR count). The van der Waals surface area contributed by atoms with Crippen molar-refractivity contribution in [1.29, 1.82) is 0 Å². The normalized spacial score (nSPS) is 19.5. The maximum atomic E-state index is 12.5. The van der Waals surface area contributed by atoms with E-state index in [1.54, 1.807) is 18.2 Å². The van der Waals surface area contributed by atoms with Crippen molar-refractivity contribution in [3.63, 3.8) is 0 Å². The number of nitrogens with one attached hydrogen (secondary N) is 1. The van der Waals surface area contributed by atoms with Crippen LogP contribution >= 0.6 is 15.9 Å². The molecule has 0 spiro atoms. The third-order valence-electron chi connectivity index (χ3n) is 3.52. The molecule has 1 aliphatic rings. The van der Waals surface area contributed by atoms with E-state index >= 15 is 0 Å². The number of carbonyl (C=O) groups excluding carboxylic acids is 1. The van der Waals surface area contributed by atoms with Gasteiger partial charge in [0.2, 0.25) is 0 Å². The molecule has 1 atom stereocenters. The Morgan fingerprint density at radius 3 is 3.00 bits per heavy atom. The van der Waals surface area contributed by atoms with Crippen LogP contribution in [0.5, 0.6) is 5.75 Å². The number of carbonyl (C=O) groups is 1. The monoisotopic (exact) mass is 326 g/mol. The van der Waals surface area contributed by atoms with Gasteiger partial charge in [-0.15, -0.1) is 0 Å². The second kappa shape index (κ2) is 6.39. The third-order valence-corrected chi connectivity index (χ3v) is 4.01. The zero-order valence-electron chi connectivity index (χ0n) is 11.0. The van der Waals surface area contributed by atoms with E-state index in [4.69, 9.17) is 0 Å². The van der Waals surface area contributed by atoms with Crippen LogP contribution in [0.4, 0.5) is 0 Å². The number of piperidine rings is 1. The van der Waals surface area contributed by atoms with E-state index in [-0.39, 0.29) is 17.7 Å². The number of aromatic hydroxyl groups is 1. The number of likely N-dealkylation sites (tertiary alicyclic amines) is 1. The number of amides is 1. The van der Waals surface area contributed by atoms with Gasteiger partial charge >= 0.3 is 0 Å². The Morgan fingerprint density at radius 1 is 1.53 bits per heavy atom. The minimum atomic E-state index is -0.0787. The molecule has 1 aromatic rings. The minimum absolute atomic E-state index is 0.0353. The first kappa shape index (κ1) is 14.3. The first-order valence-corrected chi connectivity index (χ1v) is 7.37. The molecule has 1 aromatic carbocycles. The molecule has 5 heteroatoms. The molecule has 1 heterocycles. The van der Waals surface area contributed by atoms with E-state index in [0.717, 1.165) is 36.8 Å². The lowest BCUT2D eigenvalue weighted by Gasteiger charge is -2.36. The number of rotatable bonds is 3. The van der Waals surface area contributed by atoms with Crippen LogP contribution in [-0.4, -0.2) is 42.1 Å². The summed E-state index contributed by atoms with van der Waals surface area (Å²) in [6, 6.07) is 5.23. The fourth-order valence-corrected chi connectivity index (χ4v) is 2.91. The highest BCUT2D eigenvalue weighted by Gasteiger charge is 2.28. The fraction of sp³-hybridized carbons (Fsp3) is 0.500. The van der Waals surface area contributed by atoms with Crippen molar-refractivity contribution in [2.75, 3.05) is 20.1 Å². The number of halogens is 1. The Bertz CT molecular complexity index is 463. The highest BCUT2D eigenvalue weighted by molar-refractivity contribution is 9.10. The minimum Gasteiger partial charge on any atom is -0.507 e. The Balaban J connectivity index is 2.21. The topological polar surface area (TPSA) is 52.6 Å². The number of hydrogen-bond acceptors (Lipinski definition) is 3. The fourth-order valence-electron chi connectivity index (χ4n) is 2.56. The van der Waals surface area contributed by atoms with Crippen LogP contribution in [-0.2, 0) is 0 Å². The summed E-state index contributed by atoms with van der Waals surface area (Å²) in [6.07, 6.45) is 3.20. The van der Waals surface area contributed by atoms with E-state index in [2.05, 4.69) is 21.2 Å². The SMILES string of the molecule is CNCC1CCCCN1C(=O)c1ccc(Br)cc1O. The molecular weight excluding hydrogens is 308 g/mol. The Morgan fingerprint density at radius 2 is 2.32 bits per heavy atom. The van der Waals surface area contributed by atoms with Crippen LogP contribution in [0.3, 0.4) is 0 Å². The molecule has 1 unspecified atom stereocenters. The first-order chi connectivity index (χ1) is 9.13. The van der Waals surface area contributed by atoms with Gasteiger partial charge in [-0.1, -0.05) is 15.9 Å². The molecule has 2 N–H and O–H groups in total. The Kier molecular flexibility index (Phi) is 4.82. The zero-order chi connectivity index (χ0) is 13.8. The van der Waals surface area contributed by atoms with Gasteiger partial charge < -0.3 is 15.3 Å². The standard InChI is InChI=1S/C14H19BrN2O2/c1-16-9-11-4-2-3-7-17(11)14(19)12-6-5-10(15)8-13(12)18/h5-6,8,11,16,18H,2-4,7,9H2,1H3. The largest absolute Gasteiger partial charge is 0.507 e. The van der Waals surface area contributed by atoms with Gasteiger partial charge in [-0.3, -0.25) is 4.79 Å². The lowest BCUT2D eigenvalue weighted by Crippen LogP contribution is -2.48. The lowest BCUT2D eigenvalue weighted by atomic mass is 10.0. The second-order valence-electron chi connectivity index (χ2n) is 4.87. The van der Waals surface area contributed by atoms with Crippen LogP contribution in [0.2, 0.25) is 0 Å². The molecule has 104 valence electrons. The number of phenols is 1. The maximum Gasteiger partial charge on any atom is 0.257 e. The van der Waals surface area contributed by atoms with Crippen molar-refractivity contribution in [2.24, 2.45) is 0 Å². The third kappa shape index (κ3) is 3.28. The van der Waals surface area contributed by atoms with Crippen molar-refractivity contribution < 1.29 is 9.90 Å². The zero-order valence-corrected chi connectivity index (χ0v) is 12.6. The smallest absolute Gasteiger partial charge is 0.257 e. The summed E-state index contributed by atoms with van der Waals surface area (Å²) in [7, 11) is 1.90. The molecule has 0 aromatic heterocycles. The predicted molar refractivity (Wildman–Crippen MR) is 78.4 cm³/mol. The van der Waals surface area contributed by atoms with E-state index in [1.807, 2.05) is 11.9 Å². The molecule has 1 fully saturated rings. The number of hydrogen-bond donors (Lipinski definition) is 2. The molecular formula is C14H19BrN2O2. The quantitative estimate of drug-likeness (QED) is 0.896. The van der Waals surface area contributed by atoms with Gasteiger partial charge in [0.15, 0.2) is 0 Å². The summed E-state index contributed by atoms with van der Waals surface area (Å²) in [5.41, 5.74) is 0.381. The highest BCUT2D eigenvalue weighted by Crippen LogP contribution is 2.26. The predicted octanol–water partition coefficient (Wildman–Crippen LogP) is 2.37. The number of phenolic OH excluding ortho intramolecular Hbond substituents is 1. The molecule has 4 nitrogen and oxygen atoms in total. The van der Waals surface area contributed by atoms with Gasteiger partial charge in [-0.05, 0) is 44.5 Å². The molecule has 1 aliphatic heterocycles. The average molecular weight is 327 g/mol. The molecule has 1 saturated heterocycles. The van der Waals surface area contributed by atoms with Crippen molar-refractivity contribution in [3.05, 3.63) is 28.2 Å². The summed E-state index contributed by atoms with van der Waals surface area (Å²) >= 11 is 3.28. The lowest BCUT2D eigenvalue weighted by molar-refractivity contribution is 0.0612. The van der Waals surface area contributed by atoms with Gasteiger partial charge in [0, 0.05) is 23.6 Å². The Hall–Kier alpha value is -1.07. The van der Waals surface area contributed by atoms with Crippen molar-refractivity contribution in [3.8, 4) is 5.75 Å². The number of nitrogens with zero attached hydrogens (tertiary/aromatic N) is 1. The van der Waals surface area contributed by atoms with Crippen molar-refractivity contribution in [2.45, 2.75) is 25.3 Å². The van der Waals surface area contributed by atoms with E-state index < -0.39 is 0 Å². The molecule has 0 radical (unpaired) electrons. The summed E-state index contributed by atoms with van der Waals surface area (Å²) in [4.78, 5) is 14.4. The van der Waals surface area contributed by atoms with Gasteiger partial charge in [0.05, 0.1) is 5.56 Å². The first-order valence-electron chi connectivity index (χ1n) is 6.57. The van der Waals surface area contributed by atoms with Crippen LogP contribution < -0.4 is 5.32 Å². The average Bonchev–Trinajstić information content (AvgIpc) is 2.39. The van der Waals surface area contributed by atoms with E-state index in [1.165, 1.54) is 0 Å². The highest BCUT2D eigenvalue weighted by atomic mass is 79.9. The van der Waals surface area contributed by atoms with Gasteiger partial charge in [-0.25, -0.2) is 0 Å². The van der Waals surface area contributed by atoms with Crippen molar-refractivity contribution in [1.82, 2.24) is 10.2 Å². The van der Waals surface area contributed by atoms with Crippen molar-refractivity contribution >= 4 is 21.8 Å². The second-order valence-corrected chi connectivity index (χ2v) is 5.78. The molecule has 0 aliphatic carbocycles. The molecule has 19 heavy (non-hydrogen) atoms. The molecule has 1 amide bonds. The maximum absolute atomic E-state index is 12.5. The number of likely N-dealkylation sites (N-methyl/N-ethyl adjacent to an activating group) is 1. The van der Waals surface area contributed by atoms with E-state index in [9.17, 15) is 9.90 Å². The van der Waals surface area contributed by atoms with Gasteiger partial charge in [0.25, 0.3) is 5.91 Å². The van der Waals surface area contributed by atoms with E-state index in [0.29, 0.717) is 5.56 Å². The summed E-state index contributed by atoms with van der Waals surface area (Å²) < 4.78 is 0.770. The van der Waals surface area contributed by atoms with Gasteiger partial charge in [-0.2, -0.15) is 0 Å². The van der Waals surface area contributed by atoms with Crippen LogP contribution in [0, 0.1) is 0 Å².